The Morgan fingerprint density at radius 2 is 2.29 bits per heavy atom. The van der Waals surface area contributed by atoms with Gasteiger partial charge in [0.25, 0.3) is 0 Å². The molecule has 1 N–H and O–H groups in total. The van der Waals surface area contributed by atoms with Crippen molar-refractivity contribution in [1.29, 1.82) is 0 Å². The molecule has 0 unspecified atom stereocenters. The minimum Gasteiger partial charge on any atom is -0.392 e. The smallest absolute Gasteiger partial charge is 0.223 e. The zero-order valence-electron chi connectivity index (χ0n) is 8.60. The zero-order valence-corrected chi connectivity index (χ0v) is 8.60. The summed E-state index contributed by atoms with van der Waals surface area (Å²) in [7, 11) is 3.49. The normalized spacial score (nSPS) is 10.2. The van der Waals surface area contributed by atoms with Gasteiger partial charge in [-0.25, -0.2) is 0 Å². The van der Waals surface area contributed by atoms with Crippen LogP contribution in [-0.4, -0.2) is 34.6 Å². The van der Waals surface area contributed by atoms with Crippen LogP contribution >= 0.6 is 0 Å². The van der Waals surface area contributed by atoms with E-state index in [1.54, 1.807) is 19.0 Å². The molecule has 1 aromatic heterocycles. The number of hydrogen-bond acceptors (Lipinski definition) is 2. The zero-order chi connectivity index (χ0) is 10.6. The highest BCUT2D eigenvalue weighted by molar-refractivity contribution is 5.75. The third-order valence-electron chi connectivity index (χ3n) is 2.08. The first-order chi connectivity index (χ1) is 6.63. The monoisotopic (exact) mass is 196 g/mol. The van der Waals surface area contributed by atoms with Crippen LogP contribution in [0.3, 0.4) is 0 Å². The minimum atomic E-state index is 0.0502. The summed E-state index contributed by atoms with van der Waals surface area (Å²) < 4.78 is 1.91. The van der Waals surface area contributed by atoms with E-state index in [0.717, 1.165) is 5.56 Å². The standard InChI is InChI=1S/C10H16N2O2/c1-11(2)10(14)4-6-12-5-3-9(7-12)8-13/h3,5,7,13H,4,6,8H2,1-2H3. The number of aliphatic hydroxyl groups excluding tert-OH is 1. The fourth-order valence-electron chi connectivity index (χ4n) is 1.17. The molecule has 0 saturated carbocycles. The summed E-state index contributed by atoms with van der Waals surface area (Å²) in [6.07, 6.45) is 4.21. The Hall–Kier alpha value is -1.29. The van der Waals surface area contributed by atoms with Crippen molar-refractivity contribution in [2.24, 2.45) is 0 Å². The van der Waals surface area contributed by atoms with Crippen LogP contribution in [0.5, 0.6) is 0 Å². The fourth-order valence-corrected chi connectivity index (χ4v) is 1.17. The maximum absolute atomic E-state index is 11.3. The van der Waals surface area contributed by atoms with Gasteiger partial charge in [-0.3, -0.25) is 4.79 Å². The van der Waals surface area contributed by atoms with Crippen LogP contribution in [0.25, 0.3) is 0 Å². The Kier molecular flexibility index (Phi) is 3.71. The summed E-state index contributed by atoms with van der Waals surface area (Å²) in [6, 6.07) is 1.85. The van der Waals surface area contributed by atoms with Crippen LogP contribution in [0.1, 0.15) is 12.0 Å². The van der Waals surface area contributed by atoms with E-state index in [-0.39, 0.29) is 12.5 Å². The molecule has 14 heavy (non-hydrogen) atoms. The predicted molar refractivity (Wildman–Crippen MR) is 53.7 cm³/mol. The van der Waals surface area contributed by atoms with E-state index in [1.807, 2.05) is 23.0 Å². The Morgan fingerprint density at radius 1 is 1.57 bits per heavy atom. The van der Waals surface area contributed by atoms with E-state index in [9.17, 15) is 4.79 Å². The molecule has 1 rings (SSSR count). The van der Waals surface area contributed by atoms with E-state index in [1.165, 1.54) is 0 Å². The van der Waals surface area contributed by atoms with Crippen LogP contribution in [-0.2, 0) is 17.9 Å². The lowest BCUT2D eigenvalue weighted by Crippen LogP contribution is -2.22. The van der Waals surface area contributed by atoms with Gasteiger partial charge in [0.05, 0.1) is 6.61 Å². The van der Waals surface area contributed by atoms with Crippen molar-refractivity contribution in [2.75, 3.05) is 14.1 Å². The lowest BCUT2D eigenvalue weighted by atomic mass is 10.4. The molecule has 0 spiro atoms. The molecule has 4 nitrogen and oxygen atoms in total. The van der Waals surface area contributed by atoms with Crippen molar-refractivity contribution in [1.82, 2.24) is 9.47 Å². The average Bonchev–Trinajstić information content (AvgIpc) is 2.61. The van der Waals surface area contributed by atoms with Crippen molar-refractivity contribution in [3.63, 3.8) is 0 Å². The van der Waals surface area contributed by atoms with Gasteiger partial charge in [-0.05, 0) is 11.6 Å². The molecule has 0 atom stereocenters. The number of aryl methyl sites for hydroxylation is 1. The van der Waals surface area contributed by atoms with Crippen LogP contribution in [0.4, 0.5) is 0 Å². The Balaban J connectivity index is 2.41. The second-order valence-corrected chi connectivity index (χ2v) is 3.45. The lowest BCUT2D eigenvalue weighted by Gasteiger charge is -2.10. The van der Waals surface area contributed by atoms with Crippen molar-refractivity contribution in [2.45, 2.75) is 19.6 Å². The van der Waals surface area contributed by atoms with Gasteiger partial charge < -0.3 is 14.6 Å². The van der Waals surface area contributed by atoms with E-state index in [4.69, 9.17) is 5.11 Å². The summed E-state index contributed by atoms with van der Waals surface area (Å²) >= 11 is 0. The van der Waals surface area contributed by atoms with Crippen LogP contribution in [0.15, 0.2) is 18.5 Å². The van der Waals surface area contributed by atoms with E-state index < -0.39 is 0 Å². The second-order valence-electron chi connectivity index (χ2n) is 3.45. The Bertz CT molecular complexity index is 305. The first-order valence-corrected chi connectivity index (χ1v) is 4.59. The van der Waals surface area contributed by atoms with Crippen LogP contribution < -0.4 is 0 Å². The van der Waals surface area contributed by atoms with Gasteiger partial charge in [0.1, 0.15) is 0 Å². The number of carbonyl (C=O) groups excluding carboxylic acids is 1. The van der Waals surface area contributed by atoms with Crippen molar-refractivity contribution in [3.05, 3.63) is 24.0 Å². The largest absolute Gasteiger partial charge is 0.392 e. The van der Waals surface area contributed by atoms with E-state index >= 15 is 0 Å². The van der Waals surface area contributed by atoms with Gasteiger partial charge in [-0.1, -0.05) is 0 Å². The van der Waals surface area contributed by atoms with E-state index in [2.05, 4.69) is 0 Å². The van der Waals surface area contributed by atoms with Gasteiger partial charge >= 0.3 is 0 Å². The highest BCUT2D eigenvalue weighted by Gasteiger charge is 2.03. The molecule has 4 heteroatoms. The van der Waals surface area contributed by atoms with Crippen LogP contribution in [0.2, 0.25) is 0 Å². The molecule has 0 saturated heterocycles. The quantitative estimate of drug-likeness (QED) is 0.760. The van der Waals surface area contributed by atoms with Gasteiger partial charge in [-0.15, -0.1) is 0 Å². The molecule has 0 aliphatic heterocycles. The second kappa shape index (κ2) is 4.81. The molecule has 0 aliphatic carbocycles. The number of aliphatic hydroxyl groups is 1. The molecule has 1 heterocycles. The Labute approximate surface area is 83.8 Å². The van der Waals surface area contributed by atoms with Crippen molar-refractivity contribution < 1.29 is 9.90 Å². The lowest BCUT2D eigenvalue weighted by molar-refractivity contribution is -0.128. The summed E-state index contributed by atoms with van der Waals surface area (Å²) in [6.45, 7) is 0.714. The number of aromatic nitrogens is 1. The molecule has 78 valence electrons. The van der Waals surface area contributed by atoms with Crippen molar-refractivity contribution in [3.8, 4) is 0 Å². The summed E-state index contributed by atoms with van der Waals surface area (Å²) in [5.74, 6) is 0.115. The molecule has 0 aromatic carbocycles. The van der Waals surface area contributed by atoms with Gasteiger partial charge in [-0.2, -0.15) is 0 Å². The topological polar surface area (TPSA) is 45.5 Å². The molecule has 1 amide bonds. The molecule has 0 bridgehead atoms. The third kappa shape index (κ3) is 2.88. The Morgan fingerprint density at radius 3 is 2.79 bits per heavy atom. The predicted octanol–water partition coefficient (Wildman–Crippen LogP) is 0.459. The SMILES string of the molecule is CN(C)C(=O)CCn1ccc(CO)c1. The minimum absolute atomic E-state index is 0.0502. The molecule has 1 aromatic rings. The molecular weight excluding hydrogens is 180 g/mol. The van der Waals surface area contributed by atoms with Gasteiger partial charge in [0.2, 0.25) is 5.91 Å². The number of nitrogens with zero attached hydrogens (tertiary/aromatic N) is 2. The maximum atomic E-state index is 11.3. The fraction of sp³-hybridized carbons (Fsp3) is 0.500. The number of hydrogen-bond donors (Lipinski definition) is 1. The van der Waals surface area contributed by atoms with E-state index in [0.29, 0.717) is 13.0 Å². The summed E-state index contributed by atoms with van der Waals surface area (Å²) in [4.78, 5) is 12.8. The summed E-state index contributed by atoms with van der Waals surface area (Å²) in [5, 5.41) is 8.83. The first kappa shape index (κ1) is 10.8. The molecule has 0 radical (unpaired) electrons. The van der Waals surface area contributed by atoms with Gasteiger partial charge in [0, 0.05) is 39.5 Å². The molecule has 0 aliphatic rings. The molecule has 0 fully saturated rings. The number of carbonyl (C=O) groups is 1. The highest BCUT2D eigenvalue weighted by atomic mass is 16.3. The van der Waals surface area contributed by atoms with Gasteiger partial charge in [0.15, 0.2) is 0 Å². The molecular formula is C10H16N2O2. The summed E-state index contributed by atoms with van der Waals surface area (Å²) in [5.41, 5.74) is 0.877. The number of rotatable bonds is 4. The number of amides is 1. The van der Waals surface area contributed by atoms with Crippen LogP contribution in [0, 0.1) is 0 Å². The average molecular weight is 196 g/mol. The highest BCUT2D eigenvalue weighted by Crippen LogP contribution is 2.02. The first-order valence-electron chi connectivity index (χ1n) is 4.59. The maximum Gasteiger partial charge on any atom is 0.223 e. The third-order valence-corrected chi connectivity index (χ3v) is 2.08. The van der Waals surface area contributed by atoms with Crippen molar-refractivity contribution >= 4 is 5.91 Å².